The van der Waals surface area contributed by atoms with Crippen molar-refractivity contribution in [1.29, 1.82) is 0 Å². The second-order valence-corrected chi connectivity index (χ2v) is 6.52. The van der Waals surface area contributed by atoms with E-state index in [1.54, 1.807) is 14.2 Å². The summed E-state index contributed by atoms with van der Waals surface area (Å²) in [5.41, 5.74) is 3.00. The molecular weight excluding hydrogens is 358 g/mol. The topological polar surface area (TPSA) is 80.8 Å². The van der Waals surface area contributed by atoms with Crippen molar-refractivity contribution in [3.8, 4) is 28.5 Å². The van der Waals surface area contributed by atoms with Crippen LogP contribution in [0.4, 0.5) is 0 Å². The zero-order valence-electron chi connectivity index (χ0n) is 16.4. The Morgan fingerprint density at radius 3 is 2.54 bits per heavy atom. The van der Waals surface area contributed by atoms with Gasteiger partial charge in [-0.3, -0.25) is 4.79 Å². The number of rotatable bonds is 9. The third kappa shape index (κ3) is 4.06. The van der Waals surface area contributed by atoms with Gasteiger partial charge in [-0.15, -0.1) is 0 Å². The van der Waals surface area contributed by atoms with Crippen LogP contribution in [0.1, 0.15) is 25.3 Å². The van der Waals surface area contributed by atoms with E-state index < -0.39 is 5.97 Å². The largest absolute Gasteiger partial charge is 0.497 e. The predicted octanol–water partition coefficient (Wildman–Crippen LogP) is 4.66. The summed E-state index contributed by atoms with van der Waals surface area (Å²) in [7, 11) is 3.18. The molecule has 0 saturated carbocycles. The summed E-state index contributed by atoms with van der Waals surface area (Å²) in [6.45, 7) is 2.74. The number of unbranched alkanes of at least 4 members (excludes halogenated alkanes) is 1. The quantitative estimate of drug-likeness (QED) is 0.525. The first kappa shape index (κ1) is 19.6. The molecule has 0 spiro atoms. The Balaban J connectivity index is 2.15. The number of nitrogens with one attached hydrogen (secondary N) is 1. The average Bonchev–Trinajstić information content (AvgIpc) is 3.04. The standard InChI is InChI=1S/C22H25NO5/c1-4-5-10-28-15-6-8-19-16(12-15)17(13-21(24)25)22(23-19)18-11-14(26-2)7-9-20(18)27-3/h6-9,11-12,23H,4-5,10,13H2,1-3H3,(H,24,25). The summed E-state index contributed by atoms with van der Waals surface area (Å²) >= 11 is 0. The second-order valence-electron chi connectivity index (χ2n) is 6.52. The second kappa shape index (κ2) is 8.69. The fraction of sp³-hybridized carbons (Fsp3) is 0.318. The molecule has 6 heteroatoms. The van der Waals surface area contributed by atoms with Gasteiger partial charge in [0.2, 0.25) is 0 Å². The van der Waals surface area contributed by atoms with Gasteiger partial charge < -0.3 is 24.3 Å². The van der Waals surface area contributed by atoms with Crippen molar-refractivity contribution in [2.45, 2.75) is 26.2 Å². The fourth-order valence-electron chi connectivity index (χ4n) is 3.23. The number of hydrogen-bond donors (Lipinski definition) is 2. The molecule has 148 valence electrons. The first-order valence-corrected chi connectivity index (χ1v) is 9.29. The van der Waals surface area contributed by atoms with Crippen LogP contribution in [0.3, 0.4) is 0 Å². The molecule has 0 atom stereocenters. The minimum atomic E-state index is -0.902. The summed E-state index contributed by atoms with van der Waals surface area (Å²) in [4.78, 5) is 14.9. The zero-order chi connectivity index (χ0) is 20.1. The molecule has 0 aliphatic heterocycles. The van der Waals surface area contributed by atoms with Crippen LogP contribution in [0.15, 0.2) is 36.4 Å². The van der Waals surface area contributed by atoms with Crippen molar-refractivity contribution in [3.63, 3.8) is 0 Å². The van der Waals surface area contributed by atoms with E-state index in [2.05, 4.69) is 11.9 Å². The van der Waals surface area contributed by atoms with Gasteiger partial charge in [0.15, 0.2) is 0 Å². The lowest BCUT2D eigenvalue weighted by Gasteiger charge is -2.11. The minimum Gasteiger partial charge on any atom is -0.497 e. The molecule has 0 fully saturated rings. The van der Waals surface area contributed by atoms with Crippen LogP contribution in [0.2, 0.25) is 0 Å². The highest BCUT2D eigenvalue weighted by Gasteiger charge is 2.20. The number of H-pyrrole nitrogens is 1. The van der Waals surface area contributed by atoms with Crippen LogP contribution >= 0.6 is 0 Å². The molecule has 0 amide bonds. The lowest BCUT2D eigenvalue weighted by molar-refractivity contribution is -0.136. The molecule has 2 aromatic carbocycles. The van der Waals surface area contributed by atoms with Crippen LogP contribution in [0, 0.1) is 0 Å². The van der Waals surface area contributed by atoms with E-state index in [0.29, 0.717) is 29.4 Å². The molecule has 0 aliphatic rings. The Hall–Kier alpha value is -3.15. The van der Waals surface area contributed by atoms with E-state index in [9.17, 15) is 9.90 Å². The van der Waals surface area contributed by atoms with Gasteiger partial charge in [0.25, 0.3) is 0 Å². The van der Waals surface area contributed by atoms with Crippen molar-refractivity contribution in [3.05, 3.63) is 42.0 Å². The van der Waals surface area contributed by atoms with Crippen molar-refractivity contribution in [1.82, 2.24) is 4.98 Å². The number of methoxy groups -OCH3 is 2. The van der Waals surface area contributed by atoms with Gasteiger partial charge in [-0.1, -0.05) is 13.3 Å². The molecule has 1 heterocycles. The van der Waals surface area contributed by atoms with E-state index in [-0.39, 0.29) is 6.42 Å². The zero-order valence-corrected chi connectivity index (χ0v) is 16.4. The number of benzene rings is 2. The molecule has 0 aliphatic carbocycles. The number of carboxylic acid groups (broad SMARTS) is 1. The molecule has 0 bridgehead atoms. The molecule has 1 aromatic heterocycles. The molecule has 28 heavy (non-hydrogen) atoms. The van der Waals surface area contributed by atoms with Crippen LogP contribution in [0.25, 0.3) is 22.2 Å². The molecule has 0 saturated heterocycles. The van der Waals surface area contributed by atoms with Gasteiger partial charge in [0.1, 0.15) is 17.2 Å². The van der Waals surface area contributed by atoms with E-state index in [1.807, 2.05) is 36.4 Å². The van der Waals surface area contributed by atoms with Gasteiger partial charge in [0.05, 0.1) is 32.9 Å². The van der Waals surface area contributed by atoms with Crippen molar-refractivity contribution >= 4 is 16.9 Å². The van der Waals surface area contributed by atoms with E-state index in [4.69, 9.17) is 14.2 Å². The Kier molecular flexibility index (Phi) is 6.09. The van der Waals surface area contributed by atoms with Gasteiger partial charge in [-0.2, -0.15) is 0 Å². The summed E-state index contributed by atoms with van der Waals surface area (Å²) < 4.78 is 16.6. The Labute approximate surface area is 164 Å². The number of ether oxygens (including phenoxy) is 3. The molecule has 2 N–H and O–H groups in total. The third-order valence-electron chi connectivity index (χ3n) is 4.65. The van der Waals surface area contributed by atoms with E-state index in [1.165, 1.54) is 0 Å². The van der Waals surface area contributed by atoms with Crippen molar-refractivity contribution in [2.75, 3.05) is 20.8 Å². The maximum atomic E-state index is 11.6. The highest BCUT2D eigenvalue weighted by Crippen LogP contribution is 2.39. The first-order chi connectivity index (χ1) is 13.6. The van der Waals surface area contributed by atoms with E-state index >= 15 is 0 Å². The molecule has 3 aromatic rings. The van der Waals surface area contributed by atoms with Gasteiger partial charge in [-0.05, 0) is 48.4 Å². The van der Waals surface area contributed by atoms with Crippen molar-refractivity contribution in [2.24, 2.45) is 0 Å². The lowest BCUT2D eigenvalue weighted by atomic mass is 10.0. The number of fused-ring (bicyclic) bond motifs is 1. The predicted molar refractivity (Wildman–Crippen MR) is 109 cm³/mol. The maximum Gasteiger partial charge on any atom is 0.307 e. The van der Waals surface area contributed by atoms with Crippen LogP contribution < -0.4 is 14.2 Å². The molecule has 6 nitrogen and oxygen atoms in total. The highest BCUT2D eigenvalue weighted by molar-refractivity contribution is 5.95. The van der Waals surface area contributed by atoms with Crippen LogP contribution in [0.5, 0.6) is 17.2 Å². The number of carbonyl (C=O) groups is 1. The highest BCUT2D eigenvalue weighted by atomic mass is 16.5. The van der Waals surface area contributed by atoms with Gasteiger partial charge >= 0.3 is 5.97 Å². The monoisotopic (exact) mass is 383 g/mol. The summed E-state index contributed by atoms with van der Waals surface area (Å²) in [5, 5.41) is 10.3. The lowest BCUT2D eigenvalue weighted by Crippen LogP contribution is -2.02. The van der Waals surface area contributed by atoms with E-state index in [0.717, 1.165) is 35.1 Å². The molecule has 0 radical (unpaired) electrons. The van der Waals surface area contributed by atoms with Crippen LogP contribution in [-0.4, -0.2) is 36.9 Å². The smallest absolute Gasteiger partial charge is 0.307 e. The Morgan fingerprint density at radius 1 is 1.07 bits per heavy atom. The van der Waals surface area contributed by atoms with Crippen LogP contribution in [-0.2, 0) is 11.2 Å². The average molecular weight is 383 g/mol. The fourth-order valence-corrected chi connectivity index (χ4v) is 3.23. The number of aromatic nitrogens is 1. The number of aromatic amines is 1. The molecule has 3 rings (SSSR count). The first-order valence-electron chi connectivity index (χ1n) is 9.29. The molecule has 0 unspecified atom stereocenters. The SMILES string of the molecule is CCCCOc1ccc2[nH]c(-c3cc(OC)ccc3OC)c(CC(=O)O)c2c1. The number of hydrogen-bond acceptors (Lipinski definition) is 4. The summed E-state index contributed by atoms with van der Waals surface area (Å²) in [6, 6.07) is 11.2. The Morgan fingerprint density at radius 2 is 1.86 bits per heavy atom. The maximum absolute atomic E-state index is 11.6. The van der Waals surface area contributed by atoms with Gasteiger partial charge in [0, 0.05) is 16.5 Å². The van der Waals surface area contributed by atoms with Gasteiger partial charge in [-0.25, -0.2) is 0 Å². The molecular formula is C22H25NO5. The van der Waals surface area contributed by atoms with Crippen molar-refractivity contribution < 1.29 is 24.1 Å². The number of aliphatic carboxylic acids is 1. The Bertz CT molecular complexity index is 976. The summed E-state index contributed by atoms with van der Waals surface area (Å²) in [5.74, 6) is 1.13. The normalized spacial score (nSPS) is 10.8. The number of carboxylic acids is 1. The summed E-state index contributed by atoms with van der Waals surface area (Å²) in [6.07, 6.45) is 1.91. The third-order valence-corrected chi connectivity index (χ3v) is 4.65. The minimum absolute atomic E-state index is 0.117.